The van der Waals surface area contributed by atoms with E-state index in [1.165, 1.54) is 4.90 Å². The third kappa shape index (κ3) is 1.93. The van der Waals surface area contributed by atoms with Crippen LogP contribution in [-0.4, -0.2) is 44.0 Å². The Hall–Kier alpha value is -2.37. The Kier molecular flexibility index (Phi) is 2.93. The lowest BCUT2D eigenvalue weighted by Gasteiger charge is -2.21. The van der Waals surface area contributed by atoms with Crippen molar-refractivity contribution in [2.45, 2.75) is 18.9 Å². The number of imidazole rings is 1. The molecule has 2 aromatic rings. The summed E-state index contributed by atoms with van der Waals surface area (Å²) < 4.78 is 1.87. The van der Waals surface area contributed by atoms with Gasteiger partial charge in [0.25, 0.3) is 5.91 Å². The summed E-state index contributed by atoms with van der Waals surface area (Å²) in [4.78, 5) is 29.2. The maximum atomic E-state index is 12.4. The second-order valence-corrected chi connectivity index (χ2v) is 5.05. The van der Waals surface area contributed by atoms with Crippen molar-refractivity contribution < 1.29 is 14.7 Å². The number of carboxylic acid groups (broad SMARTS) is 1. The van der Waals surface area contributed by atoms with Crippen LogP contribution in [0.25, 0.3) is 11.0 Å². The third-order valence-electron chi connectivity index (χ3n) is 3.77. The molecule has 2 heterocycles. The van der Waals surface area contributed by atoms with Gasteiger partial charge in [-0.15, -0.1) is 0 Å². The van der Waals surface area contributed by atoms with Crippen LogP contribution in [0.3, 0.4) is 0 Å². The standard InChI is InChI=1S/C14H15N3O3/c1-16-8-15-10-7-9(4-5-11(10)16)13(18)17-6-2-3-12(17)14(19)20/h4-5,7-8,12H,2-3,6H2,1H3,(H,19,20). The van der Waals surface area contributed by atoms with Gasteiger partial charge >= 0.3 is 5.97 Å². The summed E-state index contributed by atoms with van der Waals surface area (Å²) >= 11 is 0. The van der Waals surface area contributed by atoms with Gasteiger partial charge in [0.1, 0.15) is 6.04 Å². The summed E-state index contributed by atoms with van der Waals surface area (Å²) in [5.41, 5.74) is 2.17. The van der Waals surface area contributed by atoms with E-state index in [-0.39, 0.29) is 5.91 Å². The molecule has 1 aliphatic rings. The second kappa shape index (κ2) is 4.63. The SMILES string of the molecule is Cn1cnc2cc(C(=O)N3CCCC3C(=O)O)ccc21. The number of likely N-dealkylation sites (tertiary alicyclic amines) is 1. The number of amides is 1. The van der Waals surface area contributed by atoms with Gasteiger partial charge in [-0.25, -0.2) is 9.78 Å². The highest BCUT2D eigenvalue weighted by Crippen LogP contribution is 2.22. The largest absolute Gasteiger partial charge is 0.480 e. The van der Waals surface area contributed by atoms with Crippen LogP contribution in [0.15, 0.2) is 24.5 Å². The number of carbonyl (C=O) groups excluding carboxylic acids is 1. The zero-order valence-corrected chi connectivity index (χ0v) is 11.1. The molecular weight excluding hydrogens is 258 g/mol. The quantitative estimate of drug-likeness (QED) is 0.893. The first kappa shape index (κ1) is 12.7. The highest BCUT2D eigenvalue weighted by Gasteiger charge is 2.34. The number of rotatable bonds is 2. The van der Waals surface area contributed by atoms with Crippen molar-refractivity contribution in [3.05, 3.63) is 30.1 Å². The molecule has 20 heavy (non-hydrogen) atoms. The van der Waals surface area contributed by atoms with Gasteiger partial charge in [0.2, 0.25) is 0 Å². The number of aryl methyl sites for hydroxylation is 1. The lowest BCUT2D eigenvalue weighted by atomic mass is 10.1. The van der Waals surface area contributed by atoms with Crippen molar-refractivity contribution in [3.8, 4) is 0 Å². The summed E-state index contributed by atoms with van der Waals surface area (Å²) in [6.07, 6.45) is 2.94. The fraction of sp³-hybridized carbons (Fsp3) is 0.357. The Morgan fingerprint density at radius 2 is 2.20 bits per heavy atom. The zero-order valence-electron chi connectivity index (χ0n) is 11.1. The molecule has 6 heteroatoms. The van der Waals surface area contributed by atoms with Crippen molar-refractivity contribution in [1.82, 2.24) is 14.5 Å². The molecule has 3 rings (SSSR count). The van der Waals surface area contributed by atoms with E-state index in [9.17, 15) is 9.59 Å². The molecule has 0 bridgehead atoms. The Bertz CT molecular complexity index is 692. The Labute approximate surface area is 115 Å². The minimum atomic E-state index is -0.935. The van der Waals surface area contributed by atoms with E-state index in [1.807, 2.05) is 17.7 Å². The Balaban J connectivity index is 1.94. The Morgan fingerprint density at radius 1 is 1.40 bits per heavy atom. The summed E-state index contributed by atoms with van der Waals surface area (Å²) in [5.74, 6) is -1.17. The minimum Gasteiger partial charge on any atom is -0.480 e. The fourth-order valence-corrected chi connectivity index (χ4v) is 2.70. The number of hydrogen-bond acceptors (Lipinski definition) is 3. The highest BCUT2D eigenvalue weighted by atomic mass is 16.4. The number of nitrogens with zero attached hydrogens (tertiary/aromatic N) is 3. The normalized spacial score (nSPS) is 18.6. The maximum absolute atomic E-state index is 12.4. The Morgan fingerprint density at radius 3 is 2.95 bits per heavy atom. The molecule has 104 valence electrons. The van der Waals surface area contributed by atoms with Crippen LogP contribution < -0.4 is 0 Å². The van der Waals surface area contributed by atoms with Gasteiger partial charge in [0.15, 0.2) is 0 Å². The van der Waals surface area contributed by atoms with E-state index in [0.29, 0.717) is 18.5 Å². The second-order valence-electron chi connectivity index (χ2n) is 5.05. The molecule has 0 spiro atoms. The maximum Gasteiger partial charge on any atom is 0.326 e. The number of aromatic nitrogens is 2. The molecule has 1 aromatic heterocycles. The predicted octanol–water partition coefficient (Wildman–Crippen LogP) is 1.26. The fourth-order valence-electron chi connectivity index (χ4n) is 2.70. The smallest absolute Gasteiger partial charge is 0.326 e. The molecule has 0 aliphatic carbocycles. The van der Waals surface area contributed by atoms with Crippen LogP contribution in [0.1, 0.15) is 23.2 Å². The molecule has 1 aliphatic heterocycles. The molecule has 1 atom stereocenters. The molecule has 1 fully saturated rings. The van der Waals surface area contributed by atoms with E-state index in [0.717, 1.165) is 17.5 Å². The summed E-state index contributed by atoms with van der Waals surface area (Å²) in [7, 11) is 1.89. The highest BCUT2D eigenvalue weighted by molar-refractivity contribution is 5.99. The van der Waals surface area contributed by atoms with Crippen molar-refractivity contribution in [3.63, 3.8) is 0 Å². The lowest BCUT2D eigenvalue weighted by Crippen LogP contribution is -2.40. The van der Waals surface area contributed by atoms with E-state index in [2.05, 4.69) is 4.98 Å². The van der Waals surface area contributed by atoms with Crippen molar-refractivity contribution in [1.29, 1.82) is 0 Å². The molecule has 1 N–H and O–H groups in total. The van der Waals surface area contributed by atoms with Gasteiger partial charge in [-0.3, -0.25) is 4.79 Å². The van der Waals surface area contributed by atoms with Gasteiger partial charge < -0.3 is 14.6 Å². The lowest BCUT2D eigenvalue weighted by molar-refractivity contribution is -0.141. The number of fused-ring (bicyclic) bond motifs is 1. The van der Waals surface area contributed by atoms with Crippen molar-refractivity contribution in [2.24, 2.45) is 7.05 Å². The van der Waals surface area contributed by atoms with Crippen LogP contribution in [-0.2, 0) is 11.8 Å². The average molecular weight is 273 g/mol. The molecule has 1 amide bonds. The predicted molar refractivity (Wildman–Crippen MR) is 72.4 cm³/mol. The van der Waals surface area contributed by atoms with Gasteiger partial charge in [-0.2, -0.15) is 0 Å². The molecule has 1 unspecified atom stereocenters. The topological polar surface area (TPSA) is 75.4 Å². The van der Waals surface area contributed by atoms with Gasteiger partial charge in [-0.1, -0.05) is 0 Å². The van der Waals surface area contributed by atoms with Gasteiger partial charge in [-0.05, 0) is 31.0 Å². The number of hydrogen-bond donors (Lipinski definition) is 1. The third-order valence-corrected chi connectivity index (χ3v) is 3.77. The van der Waals surface area contributed by atoms with E-state index in [4.69, 9.17) is 5.11 Å². The van der Waals surface area contributed by atoms with E-state index < -0.39 is 12.0 Å². The van der Waals surface area contributed by atoms with Gasteiger partial charge in [0.05, 0.1) is 17.4 Å². The summed E-state index contributed by atoms with van der Waals surface area (Å²) in [6, 6.07) is 4.57. The van der Waals surface area contributed by atoms with Crippen LogP contribution in [0, 0.1) is 0 Å². The minimum absolute atomic E-state index is 0.234. The van der Waals surface area contributed by atoms with Crippen LogP contribution in [0.5, 0.6) is 0 Å². The van der Waals surface area contributed by atoms with Crippen LogP contribution >= 0.6 is 0 Å². The number of benzene rings is 1. The molecule has 0 saturated carbocycles. The average Bonchev–Trinajstić information content (AvgIpc) is 3.05. The first-order valence-electron chi connectivity index (χ1n) is 6.53. The first-order chi connectivity index (χ1) is 9.58. The summed E-state index contributed by atoms with van der Waals surface area (Å²) in [5, 5.41) is 9.14. The van der Waals surface area contributed by atoms with E-state index >= 15 is 0 Å². The molecule has 1 aromatic carbocycles. The van der Waals surface area contributed by atoms with Crippen LogP contribution in [0.4, 0.5) is 0 Å². The van der Waals surface area contributed by atoms with Crippen molar-refractivity contribution in [2.75, 3.05) is 6.54 Å². The first-order valence-corrected chi connectivity index (χ1v) is 6.53. The van der Waals surface area contributed by atoms with Crippen molar-refractivity contribution >= 4 is 22.9 Å². The summed E-state index contributed by atoms with van der Waals surface area (Å²) in [6.45, 7) is 0.496. The molecule has 0 radical (unpaired) electrons. The molecular formula is C14H15N3O3. The molecule has 1 saturated heterocycles. The zero-order chi connectivity index (χ0) is 14.3. The number of carboxylic acids is 1. The number of carbonyl (C=O) groups is 2. The monoisotopic (exact) mass is 273 g/mol. The number of aliphatic carboxylic acids is 1. The molecule has 6 nitrogen and oxygen atoms in total. The van der Waals surface area contributed by atoms with Crippen LogP contribution in [0.2, 0.25) is 0 Å². The van der Waals surface area contributed by atoms with E-state index in [1.54, 1.807) is 18.5 Å². The van der Waals surface area contributed by atoms with Gasteiger partial charge in [0, 0.05) is 19.2 Å².